The predicted molar refractivity (Wildman–Crippen MR) is 249 cm³/mol. The molecule has 0 saturated carbocycles. The van der Waals surface area contributed by atoms with Gasteiger partial charge in [-0.2, -0.15) is 0 Å². The fourth-order valence-electron chi connectivity index (χ4n) is 8.86. The maximum atomic E-state index is 2.29. The van der Waals surface area contributed by atoms with Gasteiger partial charge in [-0.25, -0.2) is 0 Å². The highest BCUT2D eigenvalue weighted by molar-refractivity contribution is 6.21. The third-order valence-corrected chi connectivity index (χ3v) is 11.9. The van der Waals surface area contributed by atoms with Gasteiger partial charge in [-0.05, 0) is 122 Å². The molecule has 0 nitrogen and oxygen atoms in total. The number of hydrogen-bond donors (Lipinski definition) is 0. The molecule has 0 amide bonds. The van der Waals surface area contributed by atoms with Gasteiger partial charge in [0.25, 0.3) is 0 Å². The van der Waals surface area contributed by atoms with Crippen molar-refractivity contribution in [1.29, 1.82) is 0 Å². The van der Waals surface area contributed by atoms with Crippen LogP contribution in [0.2, 0.25) is 0 Å². The molecule has 0 aliphatic heterocycles. The molecule has 11 rings (SSSR count). The maximum Gasteiger partial charge on any atom is -0.00264 e. The second kappa shape index (κ2) is 14.2. The van der Waals surface area contributed by atoms with Crippen molar-refractivity contribution >= 4 is 43.1 Å². The molecule has 0 N–H and O–H groups in total. The smallest absolute Gasteiger partial charge is 0.00264 e. The summed E-state index contributed by atoms with van der Waals surface area (Å²) >= 11 is 0. The van der Waals surface area contributed by atoms with Crippen LogP contribution in [0.4, 0.5) is 0 Å². The minimum absolute atomic E-state index is 1.21. The maximum absolute atomic E-state index is 2.29. The van der Waals surface area contributed by atoms with Crippen LogP contribution in [0, 0.1) is 0 Å². The Hall–Kier alpha value is -7.54. The summed E-state index contributed by atoms with van der Waals surface area (Å²) in [6.07, 6.45) is 0. The molecule has 0 unspecified atom stereocenters. The van der Waals surface area contributed by atoms with Gasteiger partial charge in [0.15, 0.2) is 0 Å². The highest BCUT2D eigenvalue weighted by Crippen LogP contribution is 2.44. The van der Waals surface area contributed by atoms with E-state index in [1.165, 1.54) is 110 Å². The van der Waals surface area contributed by atoms with Gasteiger partial charge >= 0.3 is 0 Å². The van der Waals surface area contributed by atoms with E-state index in [-0.39, 0.29) is 0 Å². The molecule has 0 radical (unpaired) electrons. The molecule has 0 bridgehead atoms. The monoisotopic (exact) mass is 734 g/mol. The molecular formula is C58H38. The van der Waals surface area contributed by atoms with Gasteiger partial charge in [-0.15, -0.1) is 0 Å². The van der Waals surface area contributed by atoms with E-state index in [9.17, 15) is 0 Å². The molecule has 270 valence electrons. The van der Waals surface area contributed by atoms with E-state index in [1.807, 2.05) is 0 Å². The van der Waals surface area contributed by atoms with Crippen LogP contribution in [-0.2, 0) is 0 Å². The Bertz CT molecular complexity index is 3220. The Labute approximate surface area is 339 Å². The Morgan fingerprint density at radius 2 is 0.379 bits per heavy atom. The van der Waals surface area contributed by atoms with Gasteiger partial charge in [0.1, 0.15) is 0 Å². The van der Waals surface area contributed by atoms with Crippen LogP contribution >= 0.6 is 0 Å². The number of rotatable bonds is 6. The fourth-order valence-corrected chi connectivity index (χ4v) is 8.86. The van der Waals surface area contributed by atoms with E-state index >= 15 is 0 Å². The zero-order chi connectivity index (χ0) is 38.4. The lowest BCUT2D eigenvalue weighted by Crippen LogP contribution is -1.91. The summed E-state index contributed by atoms with van der Waals surface area (Å²) in [7, 11) is 0. The van der Waals surface area contributed by atoms with E-state index in [0.717, 1.165) is 0 Å². The van der Waals surface area contributed by atoms with Crippen LogP contribution in [0.1, 0.15) is 0 Å². The van der Waals surface area contributed by atoms with Gasteiger partial charge in [-0.1, -0.05) is 218 Å². The van der Waals surface area contributed by atoms with Crippen molar-refractivity contribution in [2.75, 3.05) is 0 Å². The Kier molecular flexibility index (Phi) is 8.26. The summed E-state index contributed by atoms with van der Waals surface area (Å²) in [5.74, 6) is 0. The van der Waals surface area contributed by atoms with Crippen LogP contribution in [0.25, 0.3) is 110 Å². The summed E-state index contributed by atoms with van der Waals surface area (Å²) in [6.45, 7) is 0. The lowest BCUT2D eigenvalue weighted by atomic mass is 9.85. The largest absolute Gasteiger partial charge is 0.0616 e. The minimum Gasteiger partial charge on any atom is -0.0616 e. The third kappa shape index (κ3) is 6.04. The molecule has 11 aromatic carbocycles. The van der Waals surface area contributed by atoms with Crippen molar-refractivity contribution < 1.29 is 0 Å². The summed E-state index contributed by atoms with van der Waals surface area (Å²) in [5.41, 5.74) is 14.8. The average molecular weight is 735 g/mol. The van der Waals surface area contributed by atoms with E-state index in [0.29, 0.717) is 0 Å². The van der Waals surface area contributed by atoms with Crippen molar-refractivity contribution in [2.24, 2.45) is 0 Å². The van der Waals surface area contributed by atoms with Crippen molar-refractivity contribution in [3.8, 4) is 66.8 Å². The van der Waals surface area contributed by atoms with E-state index in [4.69, 9.17) is 0 Å². The van der Waals surface area contributed by atoms with Gasteiger partial charge in [-0.3, -0.25) is 0 Å². The van der Waals surface area contributed by atoms with Gasteiger partial charge in [0.2, 0.25) is 0 Å². The molecule has 0 aliphatic rings. The summed E-state index contributed by atoms with van der Waals surface area (Å²) in [4.78, 5) is 0. The Morgan fingerprint density at radius 1 is 0.155 bits per heavy atom. The topological polar surface area (TPSA) is 0 Å². The molecule has 0 saturated heterocycles. The van der Waals surface area contributed by atoms with E-state index in [2.05, 4.69) is 231 Å². The van der Waals surface area contributed by atoms with Crippen molar-refractivity contribution in [3.63, 3.8) is 0 Å². The number of benzene rings is 11. The molecule has 58 heavy (non-hydrogen) atoms. The van der Waals surface area contributed by atoms with Gasteiger partial charge < -0.3 is 0 Å². The molecular weight excluding hydrogens is 697 g/mol. The standard InChI is InChI=1S/C58H38/c1-3-11-49-37-51(35-29-39(49)9-1)45-23-21-43(22-24-45)41-17-19-42(20-18-41)44-25-31-47(32-26-44)57-53-13-5-7-15-55(53)58(56-16-8-6-14-54(56)57)48-33-27-46(28-34-48)52-36-30-40-10-2-4-12-50(40)38-52/h1-38H. The van der Waals surface area contributed by atoms with Crippen molar-refractivity contribution in [1.82, 2.24) is 0 Å². The average Bonchev–Trinajstić information content (AvgIpc) is 3.31. The quantitative estimate of drug-likeness (QED) is 0.149. The lowest BCUT2D eigenvalue weighted by molar-refractivity contribution is 1.58. The first kappa shape index (κ1) is 33.8. The van der Waals surface area contributed by atoms with Gasteiger partial charge in [0.05, 0.1) is 0 Å². The molecule has 0 aromatic heterocycles. The summed E-state index contributed by atoms with van der Waals surface area (Å²) in [5, 5.41) is 10.1. The van der Waals surface area contributed by atoms with E-state index in [1.54, 1.807) is 0 Å². The van der Waals surface area contributed by atoms with Crippen molar-refractivity contribution in [2.45, 2.75) is 0 Å². The molecule has 0 atom stereocenters. The van der Waals surface area contributed by atoms with Gasteiger partial charge in [0, 0.05) is 0 Å². The molecule has 0 fully saturated rings. The highest BCUT2D eigenvalue weighted by atomic mass is 14.2. The number of fused-ring (bicyclic) bond motifs is 4. The Balaban J connectivity index is 0.896. The zero-order valence-electron chi connectivity index (χ0n) is 31.9. The lowest BCUT2D eigenvalue weighted by Gasteiger charge is -2.18. The fraction of sp³-hybridized carbons (Fsp3) is 0. The molecule has 11 aromatic rings. The third-order valence-electron chi connectivity index (χ3n) is 11.9. The SMILES string of the molecule is c1ccc2cc(-c3ccc(-c4ccc(-c5ccc(-c6c7ccccc7c(-c7ccc(-c8ccc9ccccc9c8)cc7)c7ccccc67)cc5)cc4)cc3)ccc2c1. The first-order valence-electron chi connectivity index (χ1n) is 20.1. The van der Waals surface area contributed by atoms with E-state index < -0.39 is 0 Å². The number of hydrogen-bond acceptors (Lipinski definition) is 0. The normalized spacial score (nSPS) is 11.4. The molecule has 0 heteroatoms. The molecule has 0 spiro atoms. The second-order valence-corrected chi connectivity index (χ2v) is 15.3. The van der Waals surface area contributed by atoms with Crippen LogP contribution < -0.4 is 0 Å². The summed E-state index contributed by atoms with van der Waals surface area (Å²) in [6, 6.07) is 84.4. The second-order valence-electron chi connectivity index (χ2n) is 15.3. The molecule has 0 aliphatic carbocycles. The van der Waals surface area contributed by atoms with Crippen molar-refractivity contribution in [3.05, 3.63) is 231 Å². The first-order valence-corrected chi connectivity index (χ1v) is 20.1. The first-order chi connectivity index (χ1) is 28.7. The molecule has 0 heterocycles. The van der Waals surface area contributed by atoms with Crippen LogP contribution in [-0.4, -0.2) is 0 Å². The predicted octanol–water partition coefficient (Wildman–Crippen LogP) is 16.3. The van der Waals surface area contributed by atoms with Crippen LogP contribution in [0.3, 0.4) is 0 Å². The highest BCUT2D eigenvalue weighted by Gasteiger charge is 2.17. The zero-order valence-corrected chi connectivity index (χ0v) is 31.9. The summed E-state index contributed by atoms with van der Waals surface area (Å²) < 4.78 is 0. The van der Waals surface area contributed by atoms with Crippen LogP contribution in [0.5, 0.6) is 0 Å². The Morgan fingerprint density at radius 3 is 0.690 bits per heavy atom. The van der Waals surface area contributed by atoms with Crippen LogP contribution in [0.15, 0.2) is 231 Å². The minimum atomic E-state index is 1.21.